The number of pyridine rings is 1. The van der Waals surface area contributed by atoms with Gasteiger partial charge in [0, 0.05) is 49.1 Å². The minimum Gasteiger partial charge on any atom is -0.504 e. The number of carboxylic acid groups (broad SMARTS) is 1. The third-order valence-electron chi connectivity index (χ3n) is 7.66. The van der Waals surface area contributed by atoms with Gasteiger partial charge in [0.1, 0.15) is 29.3 Å². The maximum Gasteiger partial charge on any atom is 0.290 e. The standard InChI is InChI=1S/C33H29FN8O4.CH2O2/c1-46-30-8-4-20(15-29(30)43)27-19-38-33(26(17-36)32(27)21-2-3-22(16-35)28(34)14-21)42-12-10-23(11-13-42)37-18-25-6-5-24(39-40-25)7-9-31(44)41-45;2-1-3/h2-9,14-15,19,23,37,43,45H,10-13,18H2,1H3,(H,41,44);1H,(H,2,3)/b9-7+;. The molecule has 0 aliphatic carbocycles. The number of phenols is 1. The van der Waals surface area contributed by atoms with Gasteiger partial charge in [0.2, 0.25) is 0 Å². The molecule has 250 valence electrons. The van der Waals surface area contributed by atoms with Gasteiger partial charge in [-0.15, -0.1) is 0 Å². The molecule has 2 aromatic heterocycles. The average Bonchev–Trinajstić information content (AvgIpc) is 3.13. The van der Waals surface area contributed by atoms with Crippen molar-refractivity contribution in [2.45, 2.75) is 25.4 Å². The molecular formula is C34H31FN8O6. The summed E-state index contributed by atoms with van der Waals surface area (Å²) in [4.78, 5) is 26.2. The molecule has 5 rings (SSSR count). The molecule has 1 amide bonds. The van der Waals surface area contributed by atoms with Crippen molar-refractivity contribution in [1.82, 2.24) is 26.0 Å². The van der Waals surface area contributed by atoms with Gasteiger partial charge in [-0.05, 0) is 66.4 Å². The number of nitriles is 2. The molecule has 1 aliphatic heterocycles. The lowest BCUT2D eigenvalue weighted by molar-refractivity contribution is -0.124. The third-order valence-corrected chi connectivity index (χ3v) is 7.66. The Morgan fingerprint density at radius 2 is 1.84 bits per heavy atom. The number of nitrogens with zero attached hydrogens (tertiary/aromatic N) is 6. The number of carbonyl (C=O) groups is 2. The van der Waals surface area contributed by atoms with E-state index in [0.717, 1.165) is 24.6 Å². The van der Waals surface area contributed by atoms with Crippen LogP contribution < -0.4 is 20.4 Å². The van der Waals surface area contributed by atoms with Crippen LogP contribution in [0.25, 0.3) is 28.3 Å². The van der Waals surface area contributed by atoms with E-state index in [2.05, 4.69) is 26.6 Å². The van der Waals surface area contributed by atoms with Crippen molar-refractivity contribution < 1.29 is 34.1 Å². The summed E-state index contributed by atoms with van der Waals surface area (Å²) in [6.07, 6.45) is 5.70. The fourth-order valence-electron chi connectivity index (χ4n) is 5.28. The summed E-state index contributed by atoms with van der Waals surface area (Å²) in [5.41, 5.74) is 4.75. The van der Waals surface area contributed by atoms with Gasteiger partial charge in [0.05, 0.1) is 24.1 Å². The molecule has 0 bridgehead atoms. The smallest absolute Gasteiger partial charge is 0.290 e. The molecule has 0 unspecified atom stereocenters. The quantitative estimate of drug-likeness (QED) is 0.0744. The van der Waals surface area contributed by atoms with E-state index >= 15 is 0 Å². The summed E-state index contributed by atoms with van der Waals surface area (Å²) in [5.74, 6) is -0.722. The number of hydroxylamine groups is 1. The molecule has 49 heavy (non-hydrogen) atoms. The van der Waals surface area contributed by atoms with Crippen LogP contribution in [0.4, 0.5) is 10.2 Å². The summed E-state index contributed by atoms with van der Waals surface area (Å²) in [5, 5.41) is 57.3. The van der Waals surface area contributed by atoms with Crippen LogP contribution in [0.3, 0.4) is 0 Å². The van der Waals surface area contributed by atoms with Crippen LogP contribution in [0.15, 0.2) is 60.8 Å². The van der Waals surface area contributed by atoms with Gasteiger partial charge in [-0.2, -0.15) is 20.7 Å². The number of aromatic hydroxyl groups is 1. The number of hydrogen-bond acceptors (Lipinski definition) is 12. The monoisotopic (exact) mass is 666 g/mol. The highest BCUT2D eigenvalue weighted by Gasteiger charge is 2.26. The van der Waals surface area contributed by atoms with Crippen molar-refractivity contribution in [1.29, 1.82) is 10.5 Å². The van der Waals surface area contributed by atoms with E-state index in [0.29, 0.717) is 53.4 Å². The second-order valence-corrected chi connectivity index (χ2v) is 10.6. The van der Waals surface area contributed by atoms with Gasteiger partial charge in [-0.25, -0.2) is 14.9 Å². The molecule has 0 atom stereocenters. The zero-order chi connectivity index (χ0) is 35.3. The molecule has 1 aliphatic rings. The molecule has 15 heteroatoms. The van der Waals surface area contributed by atoms with Gasteiger partial charge in [-0.1, -0.05) is 12.1 Å². The van der Waals surface area contributed by atoms with Gasteiger partial charge in [0.15, 0.2) is 11.5 Å². The predicted octanol–water partition coefficient (Wildman–Crippen LogP) is 3.78. The maximum absolute atomic E-state index is 14.8. The zero-order valence-corrected chi connectivity index (χ0v) is 26.2. The Morgan fingerprint density at radius 3 is 2.43 bits per heavy atom. The van der Waals surface area contributed by atoms with Gasteiger partial charge < -0.3 is 25.2 Å². The predicted molar refractivity (Wildman–Crippen MR) is 174 cm³/mol. The second kappa shape index (κ2) is 16.9. The third kappa shape index (κ3) is 8.69. The summed E-state index contributed by atoms with van der Waals surface area (Å²) in [6.45, 7) is 1.44. The van der Waals surface area contributed by atoms with Crippen LogP contribution in [0.5, 0.6) is 11.5 Å². The topological polar surface area (TPSA) is 218 Å². The number of hydrogen-bond donors (Lipinski definition) is 5. The number of anilines is 1. The van der Waals surface area contributed by atoms with Crippen LogP contribution in [0.1, 0.15) is 35.4 Å². The molecule has 3 heterocycles. The first-order valence-corrected chi connectivity index (χ1v) is 14.8. The van der Waals surface area contributed by atoms with Gasteiger partial charge >= 0.3 is 0 Å². The number of amides is 1. The summed E-state index contributed by atoms with van der Waals surface area (Å²) >= 11 is 0. The van der Waals surface area contributed by atoms with E-state index < -0.39 is 11.7 Å². The van der Waals surface area contributed by atoms with Crippen molar-refractivity contribution in [3.8, 4) is 45.9 Å². The molecule has 5 N–H and O–H groups in total. The highest BCUT2D eigenvalue weighted by Crippen LogP contribution is 2.41. The minimum absolute atomic E-state index is 0.0973. The van der Waals surface area contributed by atoms with Crippen molar-refractivity contribution in [2.24, 2.45) is 0 Å². The number of aromatic nitrogens is 3. The van der Waals surface area contributed by atoms with E-state index in [1.165, 1.54) is 36.9 Å². The fourth-order valence-corrected chi connectivity index (χ4v) is 5.28. The normalized spacial score (nSPS) is 12.7. The summed E-state index contributed by atoms with van der Waals surface area (Å²) in [7, 11) is 1.44. The SMILES string of the molecule is COc1ccc(-c2cnc(N3CCC(NCc4ccc(/C=C/C(=O)NO)nn4)CC3)c(C#N)c2-c2ccc(C#N)c(F)c2)cc1O.O=CO. The first-order chi connectivity index (χ1) is 23.8. The van der Waals surface area contributed by atoms with Crippen LogP contribution in [0.2, 0.25) is 0 Å². The van der Waals surface area contributed by atoms with Crippen LogP contribution in [-0.2, 0) is 16.1 Å². The summed E-state index contributed by atoms with van der Waals surface area (Å²) in [6, 6.07) is 16.8. The molecule has 0 radical (unpaired) electrons. The Bertz CT molecular complexity index is 1920. The van der Waals surface area contributed by atoms with E-state index in [4.69, 9.17) is 19.8 Å². The van der Waals surface area contributed by atoms with Crippen LogP contribution >= 0.6 is 0 Å². The van der Waals surface area contributed by atoms with E-state index in [9.17, 15) is 24.8 Å². The molecule has 2 aromatic carbocycles. The largest absolute Gasteiger partial charge is 0.504 e. The number of halogens is 1. The first-order valence-electron chi connectivity index (χ1n) is 14.8. The molecule has 1 saturated heterocycles. The number of nitrogens with one attached hydrogen (secondary N) is 2. The maximum atomic E-state index is 14.8. The lowest BCUT2D eigenvalue weighted by atomic mass is 9.91. The Morgan fingerprint density at radius 1 is 1.10 bits per heavy atom. The van der Waals surface area contributed by atoms with Crippen molar-refractivity contribution in [3.63, 3.8) is 0 Å². The number of ether oxygens (including phenoxy) is 1. The summed E-state index contributed by atoms with van der Waals surface area (Å²) < 4.78 is 20.0. The van der Waals surface area contributed by atoms with Crippen LogP contribution in [0, 0.1) is 28.5 Å². The average molecular weight is 667 g/mol. The van der Waals surface area contributed by atoms with E-state index in [1.54, 1.807) is 36.5 Å². The highest BCUT2D eigenvalue weighted by atomic mass is 19.1. The first kappa shape index (κ1) is 35.4. The van der Waals surface area contributed by atoms with Crippen molar-refractivity contribution >= 4 is 24.3 Å². The number of phenolic OH excluding ortho intramolecular Hbond substituents is 1. The van der Waals surface area contributed by atoms with Crippen molar-refractivity contribution in [2.75, 3.05) is 25.1 Å². The number of carbonyl (C=O) groups excluding carboxylic acids is 1. The van der Waals surface area contributed by atoms with Gasteiger partial charge in [-0.3, -0.25) is 14.8 Å². The molecule has 4 aromatic rings. The molecule has 0 saturated carbocycles. The zero-order valence-electron chi connectivity index (χ0n) is 26.2. The Hall–Kier alpha value is -6.42. The Kier molecular flexibility index (Phi) is 12.2. The molecular weight excluding hydrogens is 635 g/mol. The molecule has 0 spiro atoms. The fraction of sp³-hybridized carbons (Fsp3) is 0.206. The van der Waals surface area contributed by atoms with E-state index in [1.807, 2.05) is 11.0 Å². The number of methoxy groups -OCH3 is 1. The van der Waals surface area contributed by atoms with Crippen LogP contribution in [-0.4, -0.2) is 69.2 Å². The molecule has 1 fully saturated rings. The Balaban J connectivity index is 0.00000174. The number of rotatable bonds is 9. The lowest BCUT2D eigenvalue weighted by Gasteiger charge is -2.34. The lowest BCUT2D eigenvalue weighted by Crippen LogP contribution is -2.43. The Labute approximate surface area is 280 Å². The minimum atomic E-state index is -0.706. The molecule has 14 nitrogen and oxygen atoms in total. The highest BCUT2D eigenvalue weighted by molar-refractivity contribution is 5.91. The van der Waals surface area contributed by atoms with Gasteiger partial charge in [0.25, 0.3) is 12.4 Å². The van der Waals surface area contributed by atoms with Crippen molar-refractivity contribution in [3.05, 3.63) is 89.1 Å². The second-order valence-electron chi connectivity index (χ2n) is 10.6. The van der Waals surface area contributed by atoms with E-state index in [-0.39, 0.29) is 35.1 Å². The number of benzene rings is 2. The number of piperidine rings is 1.